The van der Waals surface area contributed by atoms with Crippen LogP contribution in [0, 0.1) is 12.1 Å². The molecule has 4 heteroatoms. The molecule has 0 bridgehead atoms. The number of hydrogen-bond acceptors (Lipinski definition) is 2. The molecule has 1 aliphatic heterocycles. The molecule has 230 valence electrons. The van der Waals surface area contributed by atoms with Crippen LogP contribution in [-0.2, 0) is 33.2 Å². The van der Waals surface area contributed by atoms with Gasteiger partial charge in [0, 0.05) is 17.3 Å². The molecule has 7 rings (SSSR count). The first-order valence-electron chi connectivity index (χ1n) is 15.5. The van der Waals surface area contributed by atoms with Crippen molar-refractivity contribution in [3.05, 3.63) is 162 Å². The average molecular weight is 780 g/mol. The van der Waals surface area contributed by atoms with Gasteiger partial charge in [0.1, 0.15) is 0 Å². The molecule has 0 spiro atoms. The fourth-order valence-corrected chi connectivity index (χ4v) is 6.25. The molecular weight excluding hydrogens is 743 g/mol. The molecule has 0 fully saturated rings. The molecule has 3 nitrogen and oxygen atoms in total. The van der Waals surface area contributed by atoms with Crippen LogP contribution in [-0.4, -0.2) is 4.98 Å². The van der Waals surface area contributed by atoms with Crippen LogP contribution >= 0.6 is 0 Å². The minimum absolute atomic E-state index is 0. The third-order valence-corrected chi connectivity index (χ3v) is 8.75. The summed E-state index contributed by atoms with van der Waals surface area (Å²) in [6.45, 7) is 11.3. The molecular formula is C42H36AuN3. The first kappa shape index (κ1) is 31.6. The topological polar surface area (TPSA) is 30.2 Å². The fraction of sp³-hybridized carbons (Fsp3) is 0.167. The molecule has 0 saturated carbocycles. The Balaban J connectivity index is 0.00000372. The fourth-order valence-electron chi connectivity index (χ4n) is 6.25. The van der Waals surface area contributed by atoms with Gasteiger partial charge in [-0.05, 0) is 40.7 Å². The van der Waals surface area contributed by atoms with E-state index in [0.29, 0.717) is 0 Å². The summed E-state index contributed by atoms with van der Waals surface area (Å²) in [4.78, 5) is 6.92. The number of hydrogen-bond donors (Lipinski definition) is 0. The van der Waals surface area contributed by atoms with E-state index in [-0.39, 0.29) is 33.2 Å². The van der Waals surface area contributed by atoms with Gasteiger partial charge in [-0.3, -0.25) is 0 Å². The van der Waals surface area contributed by atoms with Crippen LogP contribution in [0.25, 0.3) is 27.7 Å². The summed E-state index contributed by atoms with van der Waals surface area (Å²) >= 11 is 0. The maximum Gasteiger partial charge on any atom is 3.00 e. The summed E-state index contributed by atoms with van der Waals surface area (Å²) in [5.41, 5.74) is 12.3. The summed E-state index contributed by atoms with van der Waals surface area (Å²) in [5.74, 6) is 0. The number of para-hydroxylation sites is 3. The number of fused-ring (bicyclic) bond motifs is 2. The van der Waals surface area contributed by atoms with Gasteiger partial charge in [-0.2, -0.15) is 5.69 Å². The SMILES string of the molecule is CC(C)(C)c1cc(-c2ccccn2)[c-]c(N(c2[c-]c(-c3cccc4c3[N-]c3ccccc3C4(C)C)ccc2)c2ccccc2)c1.[Au+3]. The standard InChI is InChI=1S/C42H36N3.Au/c1-41(2,3)31-25-30(38-22-11-12-24-43-38)27-34(28-31)45(32-16-7-6-8-17-32)33-18-13-15-29(26-33)35-19-14-21-37-40(35)44-39-23-10-9-20-36(39)42(37,4)5;/h6-25,28H,1-5H3;/q-3;+3. The Morgan fingerprint density at radius 1 is 0.674 bits per heavy atom. The van der Waals surface area contributed by atoms with E-state index in [4.69, 9.17) is 5.32 Å². The zero-order chi connectivity index (χ0) is 31.2. The van der Waals surface area contributed by atoms with Gasteiger partial charge in [-0.1, -0.05) is 119 Å². The number of benzene rings is 5. The molecule has 6 aromatic rings. The number of aromatic nitrogens is 1. The number of rotatable bonds is 5. The molecule has 1 aromatic heterocycles. The second kappa shape index (κ2) is 12.4. The van der Waals surface area contributed by atoms with E-state index in [2.05, 4.69) is 154 Å². The van der Waals surface area contributed by atoms with Crippen molar-refractivity contribution in [1.29, 1.82) is 0 Å². The van der Waals surface area contributed by atoms with Crippen molar-refractivity contribution < 1.29 is 22.4 Å². The maximum absolute atomic E-state index is 5.21. The van der Waals surface area contributed by atoms with Gasteiger partial charge >= 0.3 is 22.4 Å². The van der Waals surface area contributed by atoms with Crippen LogP contribution in [0.5, 0.6) is 0 Å². The zero-order valence-electron chi connectivity index (χ0n) is 26.8. The Bertz CT molecular complexity index is 1990. The summed E-state index contributed by atoms with van der Waals surface area (Å²) in [7, 11) is 0. The van der Waals surface area contributed by atoms with Gasteiger partial charge < -0.3 is 15.2 Å². The minimum Gasteiger partial charge on any atom is -0.665 e. The Labute approximate surface area is 288 Å². The van der Waals surface area contributed by atoms with Crippen molar-refractivity contribution in [3.8, 4) is 22.4 Å². The van der Waals surface area contributed by atoms with Crippen LogP contribution in [0.3, 0.4) is 0 Å². The number of pyridine rings is 1. The third kappa shape index (κ3) is 5.83. The quantitative estimate of drug-likeness (QED) is 0.129. The summed E-state index contributed by atoms with van der Waals surface area (Å²) in [6, 6.07) is 49.9. The maximum atomic E-state index is 5.21. The van der Waals surface area contributed by atoms with Crippen molar-refractivity contribution in [2.24, 2.45) is 0 Å². The van der Waals surface area contributed by atoms with E-state index < -0.39 is 0 Å². The van der Waals surface area contributed by atoms with Gasteiger partial charge in [-0.25, -0.2) is 0 Å². The van der Waals surface area contributed by atoms with Gasteiger partial charge in [0.15, 0.2) is 0 Å². The predicted octanol–water partition coefficient (Wildman–Crippen LogP) is 11.8. The molecule has 1 aliphatic rings. The Morgan fingerprint density at radius 2 is 1.37 bits per heavy atom. The van der Waals surface area contributed by atoms with E-state index in [9.17, 15) is 0 Å². The molecule has 46 heavy (non-hydrogen) atoms. The summed E-state index contributed by atoms with van der Waals surface area (Å²) in [5, 5.41) is 5.21. The Kier molecular flexibility index (Phi) is 8.52. The van der Waals surface area contributed by atoms with Crippen molar-refractivity contribution >= 4 is 28.4 Å². The predicted molar refractivity (Wildman–Crippen MR) is 187 cm³/mol. The van der Waals surface area contributed by atoms with Gasteiger partial charge in [0.25, 0.3) is 0 Å². The molecule has 0 radical (unpaired) electrons. The molecule has 0 aliphatic carbocycles. The van der Waals surface area contributed by atoms with Crippen molar-refractivity contribution in [2.75, 3.05) is 4.90 Å². The second-order valence-electron chi connectivity index (χ2n) is 13.2. The molecule has 0 unspecified atom stereocenters. The van der Waals surface area contributed by atoms with Gasteiger partial charge in [0.2, 0.25) is 0 Å². The molecule has 0 atom stereocenters. The normalized spacial score (nSPS) is 13.1. The second-order valence-corrected chi connectivity index (χ2v) is 13.2. The van der Waals surface area contributed by atoms with E-state index in [1.165, 1.54) is 16.7 Å². The number of anilines is 3. The Morgan fingerprint density at radius 3 is 2.13 bits per heavy atom. The van der Waals surface area contributed by atoms with Crippen LogP contribution in [0.4, 0.5) is 28.4 Å². The van der Waals surface area contributed by atoms with Crippen LogP contribution in [0.1, 0.15) is 51.3 Å². The van der Waals surface area contributed by atoms with Crippen LogP contribution in [0.2, 0.25) is 0 Å². The average Bonchev–Trinajstić information content (AvgIpc) is 3.05. The molecule has 0 amide bonds. The van der Waals surface area contributed by atoms with E-state index in [0.717, 1.165) is 50.8 Å². The van der Waals surface area contributed by atoms with E-state index >= 15 is 0 Å². The molecule has 0 N–H and O–H groups in total. The van der Waals surface area contributed by atoms with Gasteiger partial charge in [0.05, 0.1) is 0 Å². The first-order chi connectivity index (χ1) is 21.7. The van der Waals surface area contributed by atoms with E-state index in [1.54, 1.807) is 0 Å². The Hall–Kier alpha value is -4.41. The number of nitrogens with zero attached hydrogens (tertiary/aromatic N) is 3. The largest absolute Gasteiger partial charge is 3.00 e. The first-order valence-corrected chi connectivity index (χ1v) is 15.5. The monoisotopic (exact) mass is 779 g/mol. The molecule has 2 heterocycles. The van der Waals surface area contributed by atoms with Crippen molar-refractivity contribution in [1.82, 2.24) is 4.98 Å². The van der Waals surface area contributed by atoms with Crippen molar-refractivity contribution in [3.63, 3.8) is 0 Å². The van der Waals surface area contributed by atoms with Crippen molar-refractivity contribution in [2.45, 2.75) is 45.4 Å². The van der Waals surface area contributed by atoms with Crippen LogP contribution in [0.15, 0.2) is 128 Å². The van der Waals surface area contributed by atoms with Crippen LogP contribution < -0.4 is 4.90 Å². The molecule has 0 saturated heterocycles. The van der Waals surface area contributed by atoms with Gasteiger partial charge in [-0.15, -0.1) is 70.4 Å². The summed E-state index contributed by atoms with van der Waals surface area (Å²) in [6.07, 6.45) is 1.84. The molecule has 5 aromatic carbocycles. The minimum atomic E-state index is -0.165. The van der Waals surface area contributed by atoms with E-state index in [1.807, 2.05) is 30.5 Å². The third-order valence-electron chi connectivity index (χ3n) is 8.75. The smallest absolute Gasteiger partial charge is 0.665 e. The zero-order valence-corrected chi connectivity index (χ0v) is 28.9. The summed E-state index contributed by atoms with van der Waals surface area (Å²) < 4.78 is 0.